The molecule has 2 aromatic rings. The van der Waals surface area contributed by atoms with Crippen molar-refractivity contribution in [3.05, 3.63) is 46.2 Å². The number of benzene rings is 1. The number of piperazine rings is 1. The Hall–Kier alpha value is -1.50. The van der Waals surface area contributed by atoms with Gasteiger partial charge < -0.3 is 4.90 Å². The Balaban J connectivity index is 1.31. The van der Waals surface area contributed by atoms with Crippen molar-refractivity contribution in [3.63, 3.8) is 0 Å². The van der Waals surface area contributed by atoms with Gasteiger partial charge in [0.2, 0.25) is 0 Å². The van der Waals surface area contributed by atoms with E-state index in [0.717, 1.165) is 45.0 Å². The average Bonchev–Trinajstić information content (AvgIpc) is 3.18. The van der Waals surface area contributed by atoms with Gasteiger partial charge in [-0.05, 0) is 37.4 Å². The second-order valence-electron chi connectivity index (χ2n) is 8.33. The van der Waals surface area contributed by atoms with Crippen molar-refractivity contribution in [2.45, 2.75) is 45.2 Å². The van der Waals surface area contributed by atoms with Gasteiger partial charge in [-0.15, -0.1) is 11.3 Å². The van der Waals surface area contributed by atoms with Crippen LogP contribution in [0, 0.1) is 5.82 Å². The molecule has 0 spiro atoms. The molecule has 6 heteroatoms. The maximum absolute atomic E-state index is 14.1. The molecular weight excluding hydrogens is 371 g/mol. The molecule has 1 aromatic carbocycles. The molecule has 3 heterocycles. The summed E-state index contributed by atoms with van der Waals surface area (Å²) in [5.74, 6) is 0.397. The summed E-state index contributed by atoms with van der Waals surface area (Å²) in [4.78, 5) is 12.2. The summed E-state index contributed by atoms with van der Waals surface area (Å²) in [6.45, 7) is 11.5. The van der Waals surface area contributed by atoms with E-state index in [1.54, 1.807) is 23.5 Å². The first-order valence-electron chi connectivity index (χ1n) is 10.5. The summed E-state index contributed by atoms with van der Waals surface area (Å²) in [7, 11) is 0. The number of rotatable bonds is 5. The van der Waals surface area contributed by atoms with Gasteiger partial charge >= 0.3 is 0 Å². The van der Waals surface area contributed by atoms with Crippen molar-refractivity contribution >= 4 is 17.0 Å². The topological polar surface area (TPSA) is 22.6 Å². The fourth-order valence-corrected chi connectivity index (χ4v) is 5.36. The van der Waals surface area contributed by atoms with E-state index in [1.807, 2.05) is 12.1 Å². The van der Waals surface area contributed by atoms with Gasteiger partial charge in [0, 0.05) is 44.1 Å². The molecule has 0 saturated carbocycles. The Bertz CT molecular complexity index is 769. The van der Waals surface area contributed by atoms with Crippen molar-refractivity contribution in [3.8, 4) is 0 Å². The first-order chi connectivity index (χ1) is 13.6. The molecule has 1 atom stereocenters. The molecule has 4 rings (SSSR count). The minimum Gasteiger partial charge on any atom is -0.367 e. The standard InChI is InChI=1S/C22H31FN4S/c1-17(2)20-16-28-22(24-20)15-25-9-5-6-18(14-25)26-10-12-27(13-11-26)21-8-4-3-7-19(21)23/h3-4,7-8,16-18H,5-6,9-15H2,1-2H3. The van der Waals surface area contributed by atoms with Crippen LogP contribution in [0.2, 0.25) is 0 Å². The Kier molecular flexibility index (Phi) is 6.28. The summed E-state index contributed by atoms with van der Waals surface area (Å²) in [6.07, 6.45) is 2.52. The number of halogens is 1. The van der Waals surface area contributed by atoms with Crippen LogP contribution < -0.4 is 4.90 Å². The van der Waals surface area contributed by atoms with Crippen molar-refractivity contribution < 1.29 is 4.39 Å². The van der Waals surface area contributed by atoms with E-state index in [4.69, 9.17) is 4.98 Å². The molecule has 0 N–H and O–H groups in total. The number of hydrogen-bond acceptors (Lipinski definition) is 5. The molecule has 28 heavy (non-hydrogen) atoms. The fraction of sp³-hybridized carbons (Fsp3) is 0.591. The van der Waals surface area contributed by atoms with Gasteiger partial charge in [0.05, 0.1) is 17.9 Å². The van der Waals surface area contributed by atoms with Gasteiger partial charge in [0.25, 0.3) is 0 Å². The number of thiazole rings is 1. The predicted octanol–water partition coefficient (Wildman–Crippen LogP) is 4.19. The number of likely N-dealkylation sites (tertiary alicyclic amines) is 1. The maximum atomic E-state index is 14.1. The lowest BCUT2D eigenvalue weighted by molar-refractivity contribution is 0.0886. The molecule has 4 nitrogen and oxygen atoms in total. The molecule has 0 radical (unpaired) electrons. The number of hydrogen-bond donors (Lipinski definition) is 0. The predicted molar refractivity (Wildman–Crippen MR) is 115 cm³/mol. The van der Waals surface area contributed by atoms with E-state index in [9.17, 15) is 4.39 Å². The normalized spacial score (nSPS) is 22.1. The second kappa shape index (κ2) is 8.89. The molecule has 0 aliphatic carbocycles. The van der Waals surface area contributed by atoms with Crippen molar-refractivity contribution in [1.29, 1.82) is 0 Å². The van der Waals surface area contributed by atoms with Crippen LogP contribution in [0.4, 0.5) is 10.1 Å². The minimum atomic E-state index is -0.107. The van der Waals surface area contributed by atoms with E-state index in [0.29, 0.717) is 12.0 Å². The molecule has 1 aromatic heterocycles. The zero-order valence-electron chi connectivity index (χ0n) is 17.0. The Morgan fingerprint density at radius 1 is 1.14 bits per heavy atom. The van der Waals surface area contributed by atoms with Gasteiger partial charge in [-0.1, -0.05) is 26.0 Å². The third-order valence-electron chi connectivity index (χ3n) is 6.02. The highest BCUT2D eigenvalue weighted by Crippen LogP contribution is 2.25. The summed E-state index contributed by atoms with van der Waals surface area (Å²) in [5, 5.41) is 3.46. The summed E-state index contributed by atoms with van der Waals surface area (Å²) in [5.41, 5.74) is 1.97. The molecule has 2 aliphatic rings. The van der Waals surface area contributed by atoms with Crippen LogP contribution in [0.1, 0.15) is 43.3 Å². The lowest BCUT2D eigenvalue weighted by Gasteiger charge is -2.43. The molecule has 0 amide bonds. The summed E-state index contributed by atoms with van der Waals surface area (Å²) < 4.78 is 14.1. The SMILES string of the molecule is CC(C)c1csc(CN2CCCC(N3CCN(c4ccccc4F)CC3)C2)n1. The number of nitrogens with zero attached hydrogens (tertiary/aromatic N) is 4. The first kappa shape index (κ1) is 19.8. The number of para-hydroxylation sites is 1. The fourth-order valence-electron chi connectivity index (χ4n) is 4.36. The van der Waals surface area contributed by atoms with Crippen molar-refractivity contribution in [1.82, 2.24) is 14.8 Å². The van der Waals surface area contributed by atoms with E-state index in [-0.39, 0.29) is 5.82 Å². The van der Waals surface area contributed by atoms with Gasteiger partial charge in [-0.25, -0.2) is 9.37 Å². The lowest BCUT2D eigenvalue weighted by atomic mass is 10.0. The highest BCUT2D eigenvalue weighted by atomic mass is 32.1. The van der Waals surface area contributed by atoms with Crippen LogP contribution in [0.25, 0.3) is 0 Å². The average molecular weight is 403 g/mol. The molecular formula is C22H31FN4S. The number of aromatic nitrogens is 1. The second-order valence-corrected chi connectivity index (χ2v) is 9.27. The van der Waals surface area contributed by atoms with Crippen LogP contribution in [0.15, 0.2) is 29.6 Å². The number of anilines is 1. The smallest absolute Gasteiger partial charge is 0.146 e. The zero-order valence-corrected chi connectivity index (χ0v) is 17.8. The number of piperidine rings is 1. The van der Waals surface area contributed by atoms with Crippen LogP contribution in [-0.4, -0.2) is 60.1 Å². The van der Waals surface area contributed by atoms with Crippen LogP contribution >= 0.6 is 11.3 Å². The molecule has 2 saturated heterocycles. The third-order valence-corrected chi connectivity index (χ3v) is 6.88. The van der Waals surface area contributed by atoms with E-state index in [1.165, 1.54) is 30.1 Å². The van der Waals surface area contributed by atoms with Gasteiger partial charge in [-0.2, -0.15) is 0 Å². The summed E-state index contributed by atoms with van der Waals surface area (Å²) >= 11 is 1.80. The molecule has 2 aliphatic heterocycles. The highest BCUT2D eigenvalue weighted by molar-refractivity contribution is 7.09. The Labute approximate surface area is 172 Å². The quantitative estimate of drug-likeness (QED) is 0.748. The van der Waals surface area contributed by atoms with Gasteiger partial charge in [-0.3, -0.25) is 9.80 Å². The van der Waals surface area contributed by atoms with E-state index >= 15 is 0 Å². The van der Waals surface area contributed by atoms with Crippen LogP contribution in [0.5, 0.6) is 0 Å². The molecule has 2 fully saturated rings. The van der Waals surface area contributed by atoms with Crippen molar-refractivity contribution in [2.75, 3.05) is 44.2 Å². The molecule has 1 unspecified atom stereocenters. The monoisotopic (exact) mass is 402 g/mol. The lowest BCUT2D eigenvalue weighted by Crippen LogP contribution is -2.55. The van der Waals surface area contributed by atoms with Crippen LogP contribution in [0.3, 0.4) is 0 Å². The highest BCUT2D eigenvalue weighted by Gasteiger charge is 2.29. The first-order valence-corrected chi connectivity index (χ1v) is 11.4. The minimum absolute atomic E-state index is 0.107. The van der Waals surface area contributed by atoms with E-state index in [2.05, 4.69) is 33.9 Å². The maximum Gasteiger partial charge on any atom is 0.146 e. The zero-order chi connectivity index (χ0) is 19.5. The molecule has 0 bridgehead atoms. The Morgan fingerprint density at radius 2 is 1.93 bits per heavy atom. The van der Waals surface area contributed by atoms with Crippen molar-refractivity contribution in [2.24, 2.45) is 0 Å². The molecule has 152 valence electrons. The largest absolute Gasteiger partial charge is 0.367 e. The van der Waals surface area contributed by atoms with Crippen LogP contribution in [-0.2, 0) is 6.54 Å². The third kappa shape index (κ3) is 4.56. The van der Waals surface area contributed by atoms with Gasteiger partial charge in [0.1, 0.15) is 10.8 Å². The summed E-state index contributed by atoms with van der Waals surface area (Å²) in [6, 6.07) is 7.75. The van der Waals surface area contributed by atoms with Gasteiger partial charge in [0.15, 0.2) is 0 Å². The Morgan fingerprint density at radius 3 is 2.64 bits per heavy atom. The van der Waals surface area contributed by atoms with E-state index < -0.39 is 0 Å².